The smallest absolute Gasteiger partial charge is 0.136 e. The van der Waals surface area contributed by atoms with Gasteiger partial charge in [-0.05, 0) is 12.8 Å². The predicted octanol–water partition coefficient (Wildman–Crippen LogP) is 7.91. The first-order valence-corrected chi connectivity index (χ1v) is 12.1. The summed E-state index contributed by atoms with van der Waals surface area (Å²) in [7, 11) is 0. The molecular formula is C28H42O2. The Labute approximate surface area is 186 Å². The summed E-state index contributed by atoms with van der Waals surface area (Å²) in [4.78, 5) is 0. The van der Waals surface area contributed by atoms with Gasteiger partial charge in [0.1, 0.15) is 11.5 Å². The quantitative estimate of drug-likeness (QED) is 0.181. The van der Waals surface area contributed by atoms with Crippen LogP contribution in [0, 0.1) is 24.7 Å². The van der Waals surface area contributed by atoms with Gasteiger partial charge in [0.05, 0.1) is 24.3 Å². The SMILES string of the molecule is C#Cc1cc(OCCCCCCCCCCCC)c(C#C)cc1OCCCCCC. The third-order valence-electron chi connectivity index (χ3n) is 5.40. The molecule has 0 aliphatic heterocycles. The second kappa shape index (κ2) is 17.8. The third kappa shape index (κ3) is 11.2. The minimum atomic E-state index is 0.664. The molecule has 0 atom stereocenters. The zero-order chi connectivity index (χ0) is 21.9. The Morgan fingerprint density at radius 1 is 0.567 bits per heavy atom. The van der Waals surface area contributed by atoms with E-state index in [1.807, 2.05) is 12.1 Å². The molecule has 0 bridgehead atoms. The van der Waals surface area contributed by atoms with Crippen molar-refractivity contribution in [3.05, 3.63) is 23.3 Å². The van der Waals surface area contributed by atoms with Crippen LogP contribution >= 0.6 is 0 Å². The van der Waals surface area contributed by atoms with E-state index >= 15 is 0 Å². The van der Waals surface area contributed by atoms with E-state index in [2.05, 4.69) is 25.7 Å². The number of unbranched alkanes of at least 4 members (excludes halogenated alkanes) is 12. The Hall–Kier alpha value is -2.06. The van der Waals surface area contributed by atoms with E-state index < -0.39 is 0 Å². The van der Waals surface area contributed by atoms with Crippen LogP contribution in [0.3, 0.4) is 0 Å². The maximum Gasteiger partial charge on any atom is 0.136 e. The number of benzene rings is 1. The molecule has 1 aromatic carbocycles. The van der Waals surface area contributed by atoms with Gasteiger partial charge in [-0.3, -0.25) is 0 Å². The number of terminal acetylenes is 2. The summed E-state index contributed by atoms with van der Waals surface area (Å²) in [5.74, 6) is 6.81. The van der Waals surface area contributed by atoms with E-state index in [1.165, 1.54) is 77.0 Å². The Balaban J connectivity index is 2.34. The van der Waals surface area contributed by atoms with Crippen LogP contribution < -0.4 is 9.47 Å². The van der Waals surface area contributed by atoms with Crippen molar-refractivity contribution >= 4 is 0 Å². The fraction of sp³-hybridized carbons (Fsp3) is 0.643. The van der Waals surface area contributed by atoms with Gasteiger partial charge in [-0.2, -0.15) is 0 Å². The van der Waals surface area contributed by atoms with E-state index in [9.17, 15) is 0 Å². The maximum absolute atomic E-state index is 5.96. The normalized spacial score (nSPS) is 10.4. The van der Waals surface area contributed by atoms with Crippen LogP contribution in [-0.2, 0) is 0 Å². The molecule has 2 nitrogen and oxygen atoms in total. The first-order valence-electron chi connectivity index (χ1n) is 12.1. The standard InChI is InChI=1S/C28H42O2/c1-5-9-11-13-14-15-16-17-18-20-22-30-28-24-25(7-3)27(23-26(28)8-4)29-21-19-12-10-6-2/h3-4,23-24H,5-6,9-22H2,1-2H3. The van der Waals surface area contributed by atoms with Crippen molar-refractivity contribution in [2.45, 2.75) is 104 Å². The molecule has 2 heteroatoms. The number of hydrogen-bond donors (Lipinski definition) is 0. The van der Waals surface area contributed by atoms with Gasteiger partial charge >= 0.3 is 0 Å². The summed E-state index contributed by atoms with van der Waals surface area (Å²) in [6, 6.07) is 3.70. The van der Waals surface area contributed by atoms with Gasteiger partial charge in [0, 0.05) is 12.1 Å². The number of hydrogen-bond acceptors (Lipinski definition) is 2. The van der Waals surface area contributed by atoms with Crippen molar-refractivity contribution in [3.63, 3.8) is 0 Å². The summed E-state index contributed by atoms with van der Waals surface area (Å²) >= 11 is 0. The summed E-state index contributed by atoms with van der Waals surface area (Å²) in [5.41, 5.74) is 1.42. The minimum Gasteiger partial charge on any atom is -0.492 e. The molecule has 0 aliphatic carbocycles. The van der Waals surface area contributed by atoms with Crippen molar-refractivity contribution in [1.29, 1.82) is 0 Å². The molecule has 0 spiro atoms. The van der Waals surface area contributed by atoms with Crippen LogP contribution in [0.15, 0.2) is 12.1 Å². The second-order valence-electron chi connectivity index (χ2n) is 8.07. The fourth-order valence-electron chi connectivity index (χ4n) is 3.51. The lowest BCUT2D eigenvalue weighted by Crippen LogP contribution is -2.03. The van der Waals surface area contributed by atoms with Crippen LogP contribution in [0.25, 0.3) is 0 Å². The molecule has 0 unspecified atom stereocenters. The average Bonchev–Trinajstić information content (AvgIpc) is 2.77. The molecular weight excluding hydrogens is 368 g/mol. The lowest BCUT2D eigenvalue weighted by molar-refractivity contribution is 0.295. The lowest BCUT2D eigenvalue weighted by Gasteiger charge is -2.13. The zero-order valence-electron chi connectivity index (χ0n) is 19.4. The Morgan fingerprint density at radius 2 is 0.900 bits per heavy atom. The molecule has 0 saturated heterocycles. The molecule has 0 aliphatic rings. The highest BCUT2D eigenvalue weighted by Crippen LogP contribution is 2.29. The average molecular weight is 411 g/mol. The Kier molecular flexibility index (Phi) is 15.4. The van der Waals surface area contributed by atoms with Gasteiger partial charge in [-0.25, -0.2) is 0 Å². The van der Waals surface area contributed by atoms with Crippen molar-refractivity contribution in [3.8, 4) is 36.2 Å². The van der Waals surface area contributed by atoms with Gasteiger partial charge in [0.25, 0.3) is 0 Å². The molecule has 0 saturated carbocycles. The second-order valence-corrected chi connectivity index (χ2v) is 8.07. The van der Waals surface area contributed by atoms with Gasteiger partial charge < -0.3 is 9.47 Å². The van der Waals surface area contributed by atoms with Crippen molar-refractivity contribution in [2.24, 2.45) is 0 Å². The first-order chi connectivity index (χ1) is 14.8. The highest BCUT2D eigenvalue weighted by molar-refractivity contribution is 5.57. The zero-order valence-corrected chi connectivity index (χ0v) is 19.4. The van der Waals surface area contributed by atoms with Crippen molar-refractivity contribution in [2.75, 3.05) is 13.2 Å². The highest BCUT2D eigenvalue weighted by Gasteiger charge is 2.10. The van der Waals surface area contributed by atoms with Crippen LogP contribution in [0.5, 0.6) is 11.5 Å². The molecule has 30 heavy (non-hydrogen) atoms. The number of ether oxygens (including phenoxy) is 2. The van der Waals surface area contributed by atoms with E-state index in [0.717, 1.165) is 12.8 Å². The molecule has 0 heterocycles. The van der Waals surface area contributed by atoms with Crippen LogP contribution in [0.2, 0.25) is 0 Å². The molecule has 166 valence electrons. The van der Waals surface area contributed by atoms with Crippen LogP contribution in [0.1, 0.15) is 115 Å². The topological polar surface area (TPSA) is 18.5 Å². The van der Waals surface area contributed by atoms with Gasteiger partial charge in [-0.1, -0.05) is 103 Å². The molecule has 1 rings (SSSR count). The molecule has 0 aromatic heterocycles. The number of rotatable bonds is 18. The molecule has 0 fully saturated rings. The summed E-state index contributed by atoms with van der Waals surface area (Å²) in [6.07, 6.45) is 29.1. The van der Waals surface area contributed by atoms with Crippen LogP contribution in [0.4, 0.5) is 0 Å². The van der Waals surface area contributed by atoms with Gasteiger partial charge in [-0.15, -0.1) is 12.8 Å². The largest absolute Gasteiger partial charge is 0.492 e. The summed E-state index contributed by atoms with van der Waals surface area (Å²) in [5, 5.41) is 0. The molecule has 0 N–H and O–H groups in total. The highest BCUT2D eigenvalue weighted by atomic mass is 16.5. The van der Waals surface area contributed by atoms with Gasteiger partial charge in [0.15, 0.2) is 0 Å². The van der Waals surface area contributed by atoms with E-state index in [0.29, 0.717) is 35.8 Å². The molecule has 0 radical (unpaired) electrons. The van der Waals surface area contributed by atoms with Gasteiger partial charge in [0.2, 0.25) is 0 Å². The molecule has 1 aromatic rings. The summed E-state index contributed by atoms with van der Waals surface area (Å²) < 4.78 is 11.9. The Morgan fingerprint density at radius 3 is 1.27 bits per heavy atom. The maximum atomic E-state index is 5.96. The fourth-order valence-corrected chi connectivity index (χ4v) is 3.51. The van der Waals surface area contributed by atoms with Crippen molar-refractivity contribution < 1.29 is 9.47 Å². The lowest BCUT2D eigenvalue weighted by atomic mass is 10.1. The van der Waals surface area contributed by atoms with E-state index in [1.54, 1.807) is 0 Å². The minimum absolute atomic E-state index is 0.664. The summed E-state index contributed by atoms with van der Waals surface area (Å²) in [6.45, 7) is 5.80. The third-order valence-corrected chi connectivity index (χ3v) is 5.40. The van der Waals surface area contributed by atoms with Crippen molar-refractivity contribution in [1.82, 2.24) is 0 Å². The predicted molar refractivity (Wildman–Crippen MR) is 129 cm³/mol. The Bertz CT molecular complexity index is 648. The van der Waals surface area contributed by atoms with E-state index in [4.69, 9.17) is 22.3 Å². The molecule has 0 amide bonds. The monoisotopic (exact) mass is 410 g/mol. The van der Waals surface area contributed by atoms with E-state index in [-0.39, 0.29) is 0 Å². The first kappa shape index (κ1) is 26.0. The van der Waals surface area contributed by atoms with Crippen LogP contribution in [-0.4, -0.2) is 13.2 Å².